The quantitative estimate of drug-likeness (QED) is 0.291. The molecule has 5 atom stereocenters. The Bertz CT molecular complexity index is 1510. The molecule has 2 fully saturated rings. The van der Waals surface area contributed by atoms with Crippen molar-refractivity contribution >= 4 is 22.8 Å². The van der Waals surface area contributed by atoms with Crippen molar-refractivity contribution in [3.05, 3.63) is 53.2 Å². The Hall–Kier alpha value is -3.80. The van der Waals surface area contributed by atoms with Crippen LogP contribution in [0.2, 0.25) is 0 Å². The van der Waals surface area contributed by atoms with Gasteiger partial charge in [-0.1, -0.05) is 18.2 Å². The van der Waals surface area contributed by atoms with Gasteiger partial charge < -0.3 is 38.5 Å². The lowest BCUT2D eigenvalue weighted by molar-refractivity contribution is -0.316. The van der Waals surface area contributed by atoms with Crippen molar-refractivity contribution < 1.29 is 43.1 Å². The van der Waals surface area contributed by atoms with Gasteiger partial charge in [-0.15, -0.1) is 0 Å². The summed E-state index contributed by atoms with van der Waals surface area (Å²) in [6.07, 6.45) is 0.926. The third-order valence-electron chi connectivity index (χ3n) is 9.72. The number of benzene rings is 2. The summed E-state index contributed by atoms with van der Waals surface area (Å²) in [6, 6.07) is 11.3. The highest BCUT2D eigenvalue weighted by Crippen LogP contribution is 2.54. The molecule has 43 heavy (non-hydrogen) atoms. The summed E-state index contributed by atoms with van der Waals surface area (Å²) in [7, 11) is 7.21. The van der Waals surface area contributed by atoms with Crippen molar-refractivity contribution in [3.8, 4) is 17.2 Å². The fraction of sp³-hybridized carbons (Fsp3) is 0.500. The number of hydrogen-bond donors (Lipinski definition) is 2. The van der Waals surface area contributed by atoms with Crippen molar-refractivity contribution in [2.75, 3.05) is 48.6 Å². The number of carboxylic acids is 1. The number of ether oxygens (including phenoxy) is 6. The number of nitrogens with zero attached hydrogens (tertiary/aromatic N) is 1. The van der Waals surface area contributed by atoms with Crippen LogP contribution in [-0.2, 0) is 25.4 Å². The first kappa shape index (κ1) is 29.3. The lowest BCUT2D eigenvalue weighted by Crippen LogP contribution is -2.66. The average Bonchev–Trinajstić information content (AvgIpc) is 3.41. The number of aromatic amines is 1. The highest BCUT2D eigenvalue weighted by atomic mass is 16.7. The molecular weight excluding hydrogens is 556 g/mol. The summed E-state index contributed by atoms with van der Waals surface area (Å²) >= 11 is 0. The predicted octanol–water partition coefficient (Wildman–Crippen LogP) is 4.05. The second kappa shape index (κ2) is 11.4. The third kappa shape index (κ3) is 4.61. The van der Waals surface area contributed by atoms with Gasteiger partial charge in [0.2, 0.25) is 11.5 Å². The molecule has 1 saturated heterocycles. The van der Waals surface area contributed by atoms with Crippen LogP contribution < -0.4 is 14.2 Å². The number of fused-ring (bicyclic) bond motifs is 6. The number of aromatic nitrogens is 1. The molecule has 3 heterocycles. The Labute approximate surface area is 249 Å². The normalized spacial score (nSPS) is 26.1. The minimum absolute atomic E-state index is 0.0454. The van der Waals surface area contributed by atoms with Gasteiger partial charge in [-0.3, -0.25) is 9.69 Å². The molecule has 2 aliphatic heterocycles. The number of piperidine rings is 1. The molecule has 0 bridgehead atoms. The van der Waals surface area contributed by atoms with Crippen molar-refractivity contribution in [3.63, 3.8) is 0 Å². The van der Waals surface area contributed by atoms with Crippen LogP contribution in [0.15, 0.2) is 36.4 Å². The van der Waals surface area contributed by atoms with E-state index in [1.807, 2.05) is 12.1 Å². The van der Waals surface area contributed by atoms with E-state index in [0.717, 1.165) is 24.2 Å². The van der Waals surface area contributed by atoms with E-state index >= 15 is 0 Å². The Balaban J connectivity index is 1.34. The second-order valence-corrected chi connectivity index (χ2v) is 11.5. The number of H-pyrrole nitrogens is 1. The smallest absolute Gasteiger partial charge is 0.338 e. The first-order valence-electron chi connectivity index (χ1n) is 14.5. The SMILES string of the molecule is COc1cc(C(=O)OC2CC3CN4CCc5c([nH]c6ccccc56)C4CC3C(C(=O)O)C2(OC)OC)cc(OC)c1OC. The van der Waals surface area contributed by atoms with Gasteiger partial charge in [0.05, 0.1) is 32.9 Å². The number of methoxy groups -OCH3 is 5. The van der Waals surface area contributed by atoms with Gasteiger partial charge in [-0.25, -0.2) is 4.79 Å². The molecule has 0 amide bonds. The number of rotatable bonds is 8. The fourth-order valence-electron chi connectivity index (χ4n) is 7.82. The Kier molecular flexibility index (Phi) is 7.74. The zero-order valence-corrected chi connectivity index (χ0v) is 25.0. The number of carbonyl (C=O) groups is 2. The van der Waals surface area contributed by atoms with Gasteiger partial charge >= 0.3 is 11.9 Å². The lowest BCUT2D eigenvalue weighted by atomic mass is 9.62. The summed E-state index contributed by atoms with van der Waals surface area (Å²) in [5, 5.41) is 11.9. The van der Waals surface area contributed by atoms with Crippen LogP contribution in [-0.4, -0.2) is 87.5 Å². The standard InChI is InChI=1S/C32H38N2O9/c1-38-24-12-17(13-25(39-2)29(24)40-3)31(37)43-26-14-18-16-34-11-10-20-19-8-6-7-9-22(19)33-28(20)23(34)15-21(18)27(30(35)36)32(26,41-4)42-5/h6-9,12-13,18,21,23,26-27,33H,10-11,14-16H2,1-5H3,(H,35,36). The van der Waals surface area contributed by atoms with Crippen molar-refractivity contribution in [2.45, 2.75) is 37.2 Å². The van der Waals surface area contributed by atoms with E-state index in [0.29, 0.717) is 36.6 Å². The molecule has 3 aliphatic rings. The van der Waals surface area contributed by atoms with Crippen LogP contribution >= 0.6 is 0 Å². The largest absolute Gasteiger partial charge is 0.493 e. The topological polar surface area (TPSA) is 129 Å². The van der Waals surface area contributed by atoms with E-state index < -0.39 is 29.7 Å². The van der Waals surface area contributed by atoms with Gasteiger partial charge in [0.25, 0.3) is 0 Å². The summed E-state index contributed by atoms with van der Waals surface area (Å²) in [5.74, 6) is -3.89. The molecule has 11 nitrogen and oxygen atoms in total. The average molecular weight is 595 g/mol. The van der Waals surface area contributed by atoms with Gasteiger partial charge in [-0.2, -0.15) is 0 Å². The summed E-state index contributed by atoms with van der Waals surface area (Å²) in [6.45, 7) is 1.55. The van der Waals surface area contributed by atoms with E-state index in [-0.39, 0.29) is 23.4 Å². The molecule has 11 heteroatoms. The Morgan fingerprint density at radius 3 is 2.30 bits per heavy atom. The molecule has 0 radical (unpaired) electrons. The molecular formula is C32H38N2O9. The minimum atomic E-state index is -1.69. The maximum atomic E-state index is 13.6. The molecule has 2 N–H and O–H groups in total. The van der Waals surface area contributed by atoms with E-state index in [9.17, 15) is 14.7 Å². The summed E-state index contributed by atoms with van der Waals surface area (Å²) in [4.78, 5) is 32.7. The van der Waals surface area contributed by atoms with E-state index in [1.165, 1.54) is 58.6 Å². The Morgan fingerprint density at radius 2 is 1.67 bits per heavy atom. The van der Waals surface area contributed by atoms with Crippen LogP contribution in [0.1, 0.15) is 40.5 Å². The van der Waals surface area contributed by atoms with Crippen molar-refractivity contribution in [1.29, 1.82) is 0 Å². The first-order chi connectivity index (χ1) is 20.8. The van der Waals surface area contributed by atoms with Crippen molar-refractivity contribution in [1.82, 2.24) is 9.88 Å². The molecule has 1 saturated carbocycles. The van der Waals surface area contributed by atoms with Crippen LogP contribution in [0.5, 0.6) is 17.2 Å². The maximum Gasteiger partial charge on any atom is 0.338 e. The van der Waals surface area contributed by atoms with Crippen LogP contribution in [0.3, 0.4) is 0 Å². The van der Waals surface area contributed by atoms with E-state index in [2.05, 4.69) is 22.0 Å². The van der Waals surface area contributed by atoms with Crippen molar-refractivity contribution in [2.24, 2.45) is 17.8 Å². The zero-order chi connectivity index (χ0) is 30.5. The summed E-state index contributed by atoms with van der Waals surface area (Å²) < 4.78 is 34.1. The van der Waals surface area contributed by atoms with Crippen LogP contribution in [0, 0.1) is 17.8 Å². The number of nitrogens with one attached hydrogen (secondary N) is 1. The number of aliphatic carboxylic acids is 1. The molecule has 1 aliphatic carbocycles. The van der Waals surface area contributed by atoms with Gasteiger partial charge in [0.15, 0.2) is 17.6 Å². The number of hydrogen-bond acceptors (Lipinski definition) is 9. The van der Waals surface area contributed by atoms with Gasteiger partial charge in [-0.05, 0) is 54.9 Å². The third-order valence-corrected chi connectivity index (χ3v) is 9.72. The first-order valence-corrected chi connectivity index (χ1v) is 14.5. The molecule has 230 valence electrons. The highest BCUT2D eigenvalue weighted by molar-refractivity contribution is 5.91. The van der Waals surface area contributed by atoms with E-state index in [4.69, 9.17) is 28.4 Å². The van der Waals surface area contributed by atoms with Crippen LogP contribution in [0.4, 0.5) is 0 Å². The maximum absolute atomic E-state index is 13.6. The molecule has 3 aromatic rings. The molecule has 2 aromatic carbocycles. The molecule has 5 unspecified atom stereocenters. The minimum Gasteiger partial charge on any atom is -0.493 e. The van der Waals surface area contributed by atoms with Gasteiger partial charge in [0.1, 0.15) is 5.92 Å². The summed E-state index contributed by atoms with van der Waals surface area (Å²) in [5.41, 5.74) is 3.72. The molecule has 1 aromatic heterocycles. The number of esters is 1. The highest BCUT2D eigenvalue weighted by Gasteiger charge is 2.63. The number of para-hydroxylation sites is 1. The number of carbonyl (C=O) groups excluding carboxylic acids is 1. The van der Waals surface area contributed by atoms with Gasteiger partial charge in [0, 0.05) is 43.9 Å². The second-order valence-electron chi connectivity index (χ2n) is 11.5. The lowest BCUT2D eigenvalue weighted by Gasteiger charge is -2.56. The number of carboxylic acid groups (broad SMARTS) is 1. The monoisotopic (exact) mass is 594 g/mol. The van der Waals surface area contributed by atoms with E-state index in [1.54, 1.807) is 0 Å². The molecule has 0 spiro atoms. The fourth-order valence-corrected chi connectivity index (χ4v) is 7.82. The van der Waals surface area contributed by atoms with Crippen LogP contribution in [0.25, 0.3) is 10.9 Å². The predicted molar refractivity (Wildman–Crippen MR) is 156 cm³/mol. The molecule has 6 rings (SSSR count). The zero-order valence-electron chi connectivity index (χ0n) is 25.0. The Morgan fingerprint density at radius 1 is 0.977 bits per heavy atom.